The van der Waals surface area contributed by atoms with E-state index in [1.54, 1.807) is 11.0 Å². The number of nitro benzene ring substituents is 1. The monoisotopic (exact) mass is 503 g/mol. The molecule has 9 heteroatoms. The van der Waals surface area contributed by atoms with Crippen molar-refractivity contribution in [3.05, 3.63) is 106 Å². The van der Waals surface area contributed by atoms with E-state index in [2.05, 4.69) is 0 Å². The summed E-state index contributed by atoms with van der Waals surface area (Å²) in [6.07, 6.45) is 0.652. The first-order chi connectivity index (χ1) is 18.0. The van der Waals surface area contributed by atoms with Gasteiger partial charge in [0.05, 0.1) is 29.4 Å². The number of rotatable bonds is 10. The number of carbonyl (C=O) groups is 2. The molecule has 0 spiro atoms. The average Bonchev–Trinajstić information content (AvgIpc) is 2.95. The molecular formula is C28H29N3O6. The summed E-state index contributed by atoms with van der Waals surface area (Å²) in [5.74, 6) is -1.12. The lowest BCUT2D eigenvalue weighted by atomic mass is 10.1. The molecule has 1 heterocycles. The van der Waals surface area contributed by atoms with Gasteiger partial charge in [0.1, 0.15) is 0 Å². The first kappa shape index (κ1) is 25.8. The molecule has 3 aromatic rings. The molecule has 3 aromatic carbocycles. The Hall–Kier alpha value is -4.24. The zero-order chi connectivity index (χ0) is 26.0. The number of nitrogens with zero attached hydrogens (tertiary/aromatic N) is 3. The zero-order valence-electron chi connectivity index (χ0n) is 20.5. The molecule has 4 rings (SSSR count). The number of morpholine rings is 1. The second kappa shape index (κ2) is 12.6. The van der Waals surface area contributed by atoms with Crippen LogP contribution in [0.2, 0.25) is 0 Å². The lowest BCUT2D eigenvalue weighted by Crippen LogP contribution is -2.38. The van der Waals surface area contributed by atoms with Gasteiger partial charge >= 0.3 is 5.97 Å². The third-order valence-electron chi connectivity index (χ3n) is 6.17. The van der Waals surface area contributed by atoms with Crippen LogP contribution < -0.4 is 4.90 Å². The molecule has 0 N–H and O–H groups in total. The zero-order valence-corrected chi connectivity index (χ0v) is 20.5. The van der Waals surface area contributed by atoms with Crippen molar-refractivity contribution in [2.75, 3.05) is 44.4 Å². The summed E-state index contributed by atoms with van der Waals surface area (Å²) in [5.41, 5.74) is 2.42. The molecule has 1 aliphatic rings. The van der Waals surface area contributed by atoms with Crippen LogP contribution in [0.15, 0.2) is 78.9 Å². The number of benzene rings is 3. The van der Waals surface area contributed by atoms with Gasteiger partial charge in [0.15, 0.2) is 6.61 Å². The summed E-state index contributed by atoms with van der Waals surface area (Å²) in [5, 5.41) is 11.3. The van der Waals surface area contributed by atoms with Crippen molar-refractivity contribution in [2.24, 2.45) is 0 Å². The average molecular weight is 504 g/mol. The van der Waals surface area contributed by atoms with Crippen LogP contribution in [-0.2, 0) is 27.2 Å². The molecule has 192 valence electrons. The lowest BCUT2D eigenvalue weighted by molar-refractivity contribution is -0.384. The number of ether oxygens (including phenoxy) is 2. The minimum absolute atomic E-state index is 0.0581. The number of hydrogen-bond acceptors (Lipinski definition) is 7. The highest BCUT2D eigenvalue weighted by molar-refractivity contribution is 5.97. The molecule has 0 unspecified atom stereocenters. The first-order valence-electron chi connectivity index (χ1n) is 12.1. The van der Waals surface area contributed by atoms with Crippen molar-refractivity contribution >= 4 is 23.3 Å². The van der Waals surface area contributed by atoms with E-state index >= 15 is 0 Å². The molecule has 0 radical (unpaired) electrons. The van der Waals surface area contributed by atoms with Gasteiger partial charge < -0.3 is 19.3 Å². The normalized spacial score (nSPS) is 13.1. The maximum atomic E-state index is 13.2. The number of anilines is 1. The van der Waals surface area contributed by atoms with E-state index in [-0.39, 0.29) is 17.2 Å². The molecule has 1 fully saturated rings. The van der Waals surface area contributed by atoms with Gasteiger partial charge in [-0.3, -0.25) is 14.9 Å². The topological polar surface area (TPSA) is 102 Å². The number of esters is 1. The second-order valence-corrected chi connectivity index (χ2v) is 8.67. The Morgan fingerprint density at radius 3 is 2.24 bits per heavy atom. The largest absolute Gasteiger partial charge is 0.452 e. The van der Waals surface area contributed by atoms with Crippen LogP contribution in [0.3, 0.4) is 0 Å². The molecule has 0 saturated carbocycles. The maximum absolute atomic E-state index is 13.2. The van der Waals surface area contributed by atoms with Gasteiger partial charge in [-0.15, -0.1) is 0 Å². The van der Waals surface area contributed by atoms with E-state index in [0.717, 1.165) is 11.1 Å². The molecule has 37 heavy (non-hydrogen) atoms. The summed E-state index contributed by atoms with van der Waals surface area (Å²) < 4.78 is 10.8. The number of carbonyl (C=O) groups excluding carboxylic acids is 2. The van der Waals surface area contributed by atoms with Gasteiger partial charge in [-0.25, -0.2) is 4.79 Å². The minimum Gasteiger partial charge on any atom is -0.452 e. The molecule has 9 nitrogen and oxygen atoms in total. The number of non-ortho nitro benzene ring substituents is 1. The van der Waals surface area contributed by atoms with E-state index < -0.39 is 17.5 Å². The van der Waals surface area contributed by atoms with Crippen LogP contribution in [0.5, 0.6) is 0 Å². The summed E-state index contributed by atoms with van der Waals surface area (Å²) >= 11 is 0. The van der Waals surface area contributed by atoms with Crippen molar-refractivity contribution < 1.29 is 24.0 Å². The maximum Gasteiger partial charge on any atom is 0.341 e. The minimum atomic E-state index is -0.777. The second-order valence-electron chi connectivity index (χ2n) is 8.67. The van der Waals surface area contributed by atoms with Crippen molar-refractivity contribution in [3.63, 3.8) is 0 Å². The van der Waals surface area contributed by atoms with Gasteiger partial charge in [-0.05, 0) is 23.6 Å². The van der Waals surface area contributed by atoms with Crippen molar-refractivity contribution in [2.45, 2.75) is 13.0 Å². The van der Waals surface area contributed by atoms with Gasteiger partial charge in [0.25, 0.3) is 11.6 Å². The third-order valence-corrected chi connectivity index (χ3v) is 6.17. The van der Waals surface area contributed by atoms with Crippen molar-refractivity contribution in [1.82, 2.24) is 4.90 Å². The molecule has 1 aliphatic heterocycles. The molecule has 1 amide bonds. The third kappa shape index (κ3) is 7.14. The highest BCUT2D eigenvalue weighted by atomic mass is 16.6. The number of nitro groups is 1. The number of hydrogen-bond donors (Lipinski definition) is 0. The van der Waals surface area contributed by atoms with E-state index in [0.29, 0.717) is 51.5 Å². The Bertz CT molecular complexity index is 1210. The molecular weight excluding hydrogens is 474 g/mol. The van der Waals surface area contributed by atoms with Gasteiger partial charge in [-0.2, -0.15) is 0 Å². The fourth-order valence-electron chi connectivity index (χ4n) is 4.18. The highest BCUT2D eigenvalue weighted by Crippen LogP contribution is 2.27. The molecule has 0 bridgehead atoms. The Morgan fingerprint density at radius 2 is 1.59 bits per heavy atom. The quantitative estimate of drug-likeness (QED) is 0.235. The summed E-state index contributed by atoms with van der Waals surface area (Å²) in [6.45, 7) is 2.42. The SMILES string of the molecule is O=C(OCC(=O)N(CCc1ccccc1)Cc1ccccc1)c1cc([N+](=O)[O-])ccc1N1CCOCC1. The fraction of sp³-hybridized carbons (Fsp3) is 0.286. The Labute approximate surface area is 215 Å². The molecule has 1 saturated heterocycles. The van der Waals surface area contributed by atoms with Crippen LogP contribution in [0, 0.1) is 10.1 Å². The Morgan fingerprint density at radius 1 is 0.946 bits per heavy atom. The fourth-order valence-corrected chi connectivity index (χ4v) is 4.18. The van der Waals surface area contributed by atoms with E-state index in [4.69, 9.17) is 9.47 Å². The summed E-state index contributed by atoms with van der Waals surface area (Å²) in [4.78, 5) is 40.6. The highest BCUT2D eigenvalue weighted by Gasteiger charge is 2.24. The Kier molecular flexibility index (Phi) is 8.83. The van der Waals surface area contributed by atoms with Gasteiger partial charge in [0, 0.05) is 38.3 Å². The smallest absolute Gasteiger partial charge is 0.341 e. The Balaban J connectivity index is 1.47. The molecule has 0 aromatic heterocycles. The van der Waals surface area contributed by atoms with Gasteiger partial charge in [-0.1, -0.05) is 60.7 Å². The lowest BCUT2D eigenvalue weighted by Gasteiger charge is -2.30. The van der Waals surface area contributed by atoms with E-state index in [1.165, 1.54) is 12.1 Å². The van der Waals surface area contributed by atoms with Crippen LogP contribution in [-0.4, -0.2) is 61.2 Å². The van der Waals surface area contributed by atoms with Crippen LogP contribution in [0.4, 0.5) is 11.4 Å². The predicted molar refractivity (Wildman–Crippen MR) is 138 cm³/mol. The van der Waals surface area contributed by atoms with Crippen molar-refractivity contribution in [1.29, 1.82) is 0 Å². The van der Waals surface area contributed by atoms with Crippen LogP contribution in [0.1, 0.15) is 21.5 Å². The standard InChI is InChI=1S/C28H29N3O6/c32-27(30(20-23-9-5-2-6-10-23)14-13-22-7-3-1-4-8-22)21-37-28(33)25-19-24(31(34)35)11-12-26(25)29-15-17-36-18-16-29/h1-12,19H,13-18,20-21H2. The number of amides is 1. The predicted octanol–water partition coefficient (Wildman–Crippen LogP) is 3.86. The van der Waals surface area contributed by atoms with Crippen molar-refractivity contribution in [3.8, 4) is 0 Å². The van der Waals surface area contributed by atoms with Gasteiger partial charge in [0.2, 0.25) is 0 Å². The summed E-state index contributed by atoms with van der Waals surface area (Å²) in [7, 11) is 0. The first-order valence-corrected chi connectivity index (χ1v) is 12.1. The van der Waals surface area contributed by atoms with E-state index in [9.17, 15) is 19.7 Å². The van der Waals surface area contributed by atoms with Crippen LogP contribution >= 0.6 is 0 Å². The van der Waals surface area contributed by atoms with Crippen LogP contribution in [0.25, 0.3) is 0 Å². The molecule has 0 aliphatic carbocycles. The molecule has 0 atom stereocenters. The summed E-state index contributed by atoms with van der Waals surface area (Å²) in [6, 6.07) is 23.5. The van der Waals surface area contributed by atoms with E-state index in [1.807, 2.05) is 65.6 Å².